The number of rotatable bonds is 6. The summed E-state index contributed by atoms with van der Waals surface area (Å²) in [5.41, 5.74) is 2.97. The van der Waals surface area contributed by atoms with Crippen LogP contribution >= 0.6 is 0 Å². The molecule has 1 fully saturated rings. The number of aryl methyl sites for hydroxylation is 3. The maximum atomic E-state index is 13.2. The van der Waals surface area contributed by atoms with Gasteiger partial charge in [0.25, 0.3) is 11.8 Å². The number of amides is 4. The van der Waals surface area contributed by atoms with E-state index in [0.717, 1.165) is 16.0 Å². The van der Waals surface area contributed by atoms with Gasteiger partial charge >= 0.3 is 16.1 Å². The Morgan fingerprint density at radius 2 is 1.51 bits per heavy atom. The molecule has 0 bridgehead atoms. The molecule has 1 saturated heterocycles. The maximum Gasteiger partial charge on any atom is 0.339 e. The molecule has 10 heteroatoms. The van der Waals surface area contributed by atoms with Gasteiger partial charge in [-0.15, -0.1) is 0 Å². The lowest BCUT2D eigenvalue weighted by Gasteiger charge is -2.27. The summed E-state index contributed by atoms with van der Waals surface area (Å²) in [6, 6.07) is 14.8. The van der Waals surface area contributed by atoms with Gasteiger partial charge in [-0.1, -0.05) is 41.5 Å². The fourth-order valence-corrected chi connectivity index (χ4v) is 4.75. The number of methoxy groups -OCH3 is 1. The molecule has 0 atom stereocenters. The van der Waals surface area contributed by atoms with Gasteiger partial charge in [0.1, 0.15) is 10.5 Å². The lowest BCUT2D eigenvalue weighted by molar-refractivity contribution is -0.122. The van der Waals surface area contributed by atoms with Crippen LogP contribution in [0, 0.1) is 20.8 Å². The summed E-state index contributed by atoms with van der Waals surface area (Å²) in [5.74, 6) is -1.65. The molecule has 0 spiro atoms. The first kappa shape index (κ1) is 25.6. The number of barbiturate groups is 1. The van der Waals surface area contributed by atoms with Crippen LogP contribution in [-0.2, 0) is 19.7 Å². The highest BCUT2D eigenvalue weighted by atomic mass is 32.2. The first-order valence-corrected chi connectivity index (χ1v) is 12.6. The minimum Gasteiger partial charge on any atom is -0.493 e. The van der Waals surface area contributed by atoms with Crippen molar-refractivity contribution in [2.24, 2.45) is 0 Å². The molecule has 0 aliphatic carbocycles. The van der Waals surface area contributed by atoms with Crippen LogP contribution in [0.5, 0.6) is 11.5 Å². The lowest BCUT2D eigenvalue weighted by Crippen LogP contribution is -2.54. The van der Waals surface area contributed by atoms with Crippen LogP contribution in [0.4, 0.5) is 10.5 Å². The van der Waals surface area contributed by atoms with E-state index in [1.807, 2.05) is 19.9 Å². The Morgan fingerprint density at radius 1 is 0.838 bits per heavy atom. The summed E-state index contributed by atoms with van der Waals surface area (Å²) in [4.78, 5) is 39.2. The smallest absolute Gasteiger partial charge is 0.339 e. The maximum absolute atomic E-state index is 13.2. The Balaban J connectivity index is 1.66. The molecule has 1 aliphatic rings. The van der Waals surface area contributed by atoms with E-state index in [1.165, 1.54) is 43.5 Å². The number of hydrogen-bond acceptors (Lipinski definition) is 7. The molecule has 37 heavy (non-hydrogen) atoms. The number of nitrogens with one attached hydrogen (secondary N) is 1. The van der Waals surface area contributed by atoms with Crippen LogP contribution in [0.25, 0.3) is 6.08 Å². The molecule has 0 aromatic heterocycles. The van der Waals surface area contributed by atoms with Crippen LogP contribution in [0.2, 0.25) is 0 Å². The van der Waals surface area contributed by atoms with Gasteiger partial charge in [-0.05, 0) is 68.3 Å². The molecule has 0 saturated carbocycles. The number of urea groups is 1. The standard InChI is InChI=1S/C27H24N2O7S/c1-16-5-9-20(10-6-16)37(33,34)36-23-12-8-19(15-24(23)35-4)14-21-25(30)28-27(32)29(26(21)31)22-11-7-17(2)13-18(22)3/h5-15H,1-4H3,(H,28,30,32)/b21-14+. The third-order valence-electron chi connectivity index (χ3n) is 5.70. The predicted octanol–water partition coefficient (Wildman–Crippen LogP) is 4.05. The van der Waals surface area contributed by atoms with Crippen molar-refractivity contribution >= 4 is 39.7 Å². The zero-order valence-electron chi connectivity index (χ0n) is 20.6. The lowest BCUT2D eigenvalue weighted by atomic mass is 10.0. The summed E-state index contributed by atoms with van der Waals surface area (Å²) >= 11 is 0. The zero-order chi connectivity index (χ0) is 26.9. The molecule has 190 valence electrons. The molecule has 1 N–H and O–H groups in total. The van der Waals surface area contributed by atoms with Gasteiger partial charge in [0.2, 0.25) is 0 Å². The van der Waals surface area contributed by atoms with E-state index in [2.05, 4.69) is 5.32 Å². The molecule has 3 aromatic carbocycles. The monoisotopic (exact) mass is 520 g/mol. The summed E-state index contributed by atoms with van der Waals surface area (Å²) in [6.07, 6.45) is 1.29. The van der Waals surface area contributed by atoms with E-state index in [-0.39, 0.29) is 22.0 Å². The summed E-state index contributed by atoms with van der Waals surface area (Å²) in [7, 11) is -2.80. The first-order valence-electron chi connectivity index (χ1n) is 11.2. The molecular weight excluding hydrogens is 496 g/mol. The number of hydrogen-bond donors (Lipinski definition) is 1. The minimum atomic E-state index is -4.13. The second kappa shape index (κ2) is 9.90. The van der Waals surface area contributed by atoms with Crippen molar-refractivity contribution in [2.75, 3.05) is 12.0 Å². The number of anilines is 1. The number of ether oxygens (including phenoxy) is 1. The SMILES string of the molecule is COc1cc(/C=C2\C(=O)NC(=O)N(c3ccc(C)cc3C)C2=O)ccc1OS(=O)(=O)c1ccc(C)cc1. The van der Waals surface area contributed by atoms with Gasteiger partial charge < -0.3 is 8.92 Å². The van der Waals surface area contributed by atoms with E-state index >= 15 is 0 Å². The third kappa shape index (κ3) is 5.24. The van der Waals surface area contributed by atoms with Gasteiger partial charge in [0.05, 0.1) is 12.8 Å². The Labute approximate surface area is 214 Å². The number of carbonyl (C=O) groups excluding carboxylic acids is 3. The highest BCUT2D eigenvalue weighted by Crippen LogP contribution is 2.32. The molecule has 1 heterocycles. The van der Waals surface area contributed by atoms with Crippen molar-refractivity contribution in [1.82, 2.24) is 5.32 Å². The average molecular weight is 521 g/mol. The minimum absolute atomic E-state index is 0.0213. The molecule has 4 rings (SSSR count). The fourth-order valence-electron chi connectivity index (χ4n) is 3.81. The second-order valence-corrected chi connectivity index (χ2v) is 10.1. The highest BCUT2D eigenvalue weighted by molar-refractivity contribution is 7.87. The molecule has 4 amide bonds. The Hall–Kier alpha value is -4.44. The van der Waals surface area contributed by atoms with Crippen molar-refractivity contribution in [3.8, 4) is 11.5 Å². The van der Waals surface area contributed by atoms with Crippen LogP contribution in [0.1, 0.15) is 22.3 Å². The molecule has 0 unspecified atom stereocenters. The van der Waals surface area contributed by atoms with E-state index in [9.17, 15) is 22.8 Å². The van der Waals surface area contributed by atoms with Crippen molar-refractivity contribution in [2.45, 2.75) is 25.7 Å². The summed E-state index contributed by atoms with van der Waals surface area (Å²) < 4.78 is 36.0. The molecule has 1 aliphatic heterocycles. The Morgan fingerprint density at radius 3 is 2.16 bits per heavy atom. The number of imide groups is 2. The van der Waals surface area contributed by atoms with E-state index in [1.54, 1.807) is 31.2 Å². The van der Waals surface area contributed by atoms with Gasteiger partial charge in [-0.3, -0.25) is 14.9 Å². The van der Waals surface area contributed by atoms with Crippen LogP contribution in [0.15, 0.2) is 71.1 Å². The van der Waals surface area contributed by atoms with Crippen molar-refractivity contribution in [3.63, 3.8) is 0 Å². The fraction of sp³-hybridized carbons (Fsp3) is 0.148. The van der Waals surface area contributed by atoms with Crippen molar-refractivity contribution in [3.05, 3.63) is 88.5 Å². The molecule has 0 radical (unpaired) electrons. The van der Waals surface area contributed by atoms with Crippen molar-refractivity contribution in [1.29, 1.82) is 0 Å². The predicted molar refractivity (Wildman–Crippen MR) is 137 cm³/mol. The third-order valence-corrected chi connectivity index (χ3v) is 6.95. The average Bonchev–Trinajstić information content (AvgIpc) is 2.84. The summed E-state index contributed by atoms with van der Waals surface area (Å²) in [5, 5.41) is 2.19. The van der Waals surface area contributed by atoms with E-state index < -0.39 is 28.0 Å². The van der Waals surface area contributed by atoms with Crippen LogP contribution in [-0.4, -0.2) is 33.4 Å². The first-order chi connectivity index (χ1) is 17.5. The van der Waals surface area contributed by atoms with Crippen molar-refractivity contribution < 1.29 is 31.7 Å². The molecule has 3 aromatic rings. The Kier molecular flexibility index (Phi) is 6.86. The molecular formula is C27H24N2O7S. The van der Waals surface area contributed by atoms with Crippen LogP contribution in [0.3, 0.4) is 0 Å². The van der Waals surface area contributed by atoms with E-state index in [4.69, 9.17) is 8.92 Å². The van der Waals surface area contributed by atoms with Gasteiger partial charge in [0.15, 0.2) is 11.5 Å². The number of benzene rings is 3. The Bertz CT molecular complexity index is 1560. The topological polar surface area (TPSA) is 119 Å². The number of carbonyl (C=O) groups is 3. The van der Waals surface area contributed by atoms with Crippen LogP contribution < -0.4 is 19.1 Å². The number of nitrogens with zero attached hydrogens (tertiary/aromatic N) is 1. The van der Waals surface area contributed by atoms with E-state index in [0.29, 0.717) is 16.8 Å². The summed E-state index contributed by atoms with van der Waals surface area (Å²) in [6.45, 7) is 5.48. The normalized spacial score (nSPS) is 15.1. The molecule has 9 nitrogen and oxygen atoms in total. The van der Waals surface area contributed by atoms with Gasteiger partial charge in [0, 0.05) is 0 Å². The zero-order valence-corrected chi connectivity index (χ0v) is 21.4. The van der Waals surface area contributed by atoms with Gasteiger partial charge in [-0.2, -0.15) is 8.42 Å². The highest BCUT2D eigenvalue weighted by Gasteiger charge is 2.37. The second-order valence-electron chi connectivity index (χ2n) is 8.51. The van der Waals surface area contributed by atoms with Gasteiger partial charge in [-0.25, -0.2) is 9.69 Å². The largest absolute Gasteiger partial charge is 0.493 e. The quantitative estimate of drug-likeness (QED) is 0.296.